The highest BCUT2D eigenvalue weighted by Gasteiger charge is 2.36. The molecular formula is C21H30BrF2N3O3. The lowest BCUT2D eigenvalue weighted by molar-refractivity contribution is -0.123. The third kappa shape index (κ3) is 8.55. The van der Waals surface area contributed by atoms with Gasteiger partial charge in [-0.1, -0.05) is 46.3 Å². The number of carbonyl (C=O) groups is 2. The molecule has 0 aliphatic carbocycles. The van der Waals surface area contributed by atoms with Crippen LogP contribution in [0.2, 0.25) is 0 Å². The van der Waals surface area contributed by atoms with Crippen LogP contribution in [0, 0.1) is 0 Å². The molecule has 1 aliphatic rings. The van der Waals surface area contributed by atoms with E-state index in [9.17, 15) is 18.4 Å². The van der Waals surface area contributed by atoms with Crippen LogP contribution in [0.4, 0.5) is 13.6 Å². The molecule has 0 bridgehead atoms. The van der Waals surface area contributed by atoms with Crippen molar-refractivity contribution in [3.05, 3.63) is 35.9 Å². The van der Waals surface area contributed by atoms with Crippen molar-refractivity contribution in [1.29, 1.82) is 0 Å². The summed E-state index contributed by atoms with van der Waals surface area (Å²) in [4.78, 5) is 26.6. The van der Waals surface area contributed by atoms with Crippen molar-refractivity contribution in [3.63, 3.8) is 0 Å². The summed E-state index contributed by atoms with van der Waals surface area (Å²) in [7, 11) is 0. The van der Waals surface area contributed by atoms with E-state index in [0.29, 0.717) is 19.6 Å². The van der Waals surface area contributed by atoms with E-state index in [-0.39, 0.29) is 12.5 Å². The predicted molar refractivity (Wildman–Crippen MR) is 115 cm³/mol. The van der Waals surface area contributed by atoms with Gasteiger partial charge in [-0.05, 0) is 26.3 Å². The molecule has 2 rings (SSSR count). The number of alkyl halides is 3. The van der Waals surface area contributed by atoms with Crippen LogP contribution in [-0.2, 0) is 16.1 Å². The standard InChI is InChI=1S/C21H30BrF2N3O3/c1-20(2,3)30-19(29)26-17-13-27(11-15-7-5-4-6-8-15)12-16(17)25-18(28)9-10-21(23,24)14-22/h4-8,16-17H,9-14H2,1-3H3,(H,25,28)(H,26,29). The number of benzene rings is 1. The summed E-state index contributed by atoms with van der Waals surface area (Å²) in [5.74, 6) is -3.39. The van der Waals surface area contributed by atoms with Gasteiger partial charge < -0.3 is 15.4 Å². The average Bonchev–Trinajstić information content (AvgIpc) is 3.00. The first-order valence-electron chi connectivity index (χ1n) is 9.96. The first-order valence-corrected chi connectivity index (χ1v) is 11.1. The Labute approximate surface area is 184 Å². The Morgan fingerprint density at radius 3 is 2.30 bits per heavy atom. The van der Waals surface area contributed by atoms with Gasteiger partial charge in [0.2, 0.25) is 5.91 Å². The number of alkyl carbamates (subject to hydrolysis) is 1. The van der Waals surface area contributed by atoms with Gasteiger partial charge in [-0.3, -0.25) is 9.69 Å². The topological polar surface area (TPSA) is 70.7 Å². The minimum atomic E-state index is -2.93. The fourth-order valence-electron chi connectivity index (χ4n) is 3.25. The third-order valence-corrected chi connectivity index (χ3v) is 5.43. The average molecular weight is 490 g/mol. The first kappa shape index (κ1) is 24.5. The molecule has 168 valence electrons. The molecule has 1 aromatic carbocycles. The summed E-state index contributed by atoms with van der Waals surface area (Å²) in [6, 6.07) is 9.06. The number of carbonyl (C=O) groups excluding carboxylic acids is 2. The molecule has 30 heavy (non-hydrogen) atoms. The van der Waals surface area contributed by atoms with Crippen LogP contribution in [-0.4, -0.2) is 58.9 Å². The van der Waals surface area contributed by atoms with Crippen molar-refractivity contribution >= 4 is 27.9 Å². The lowest BCUT2D eigenvalue weighted by Crippen LogP contribution is -2.52. The molecule has 0 radical (unpaired) electrons. The number of halogens is 3. The van der Waals surface area contributed by atoms with Gasteiger partial charge in [0.15, 0.2) is 0 Å². The highest BCUT2D eigenvalue weighted by molar-refractivity contribution is 9.09. The second-order valence-electron chi connectivity index (χ2n) is 8.60. The SMILES string of the molecule is CC(C)(C)OC(=O)NC1CN(Cc2ccccc2)CC1NC(=O)CCC(F)(F)CBr. The highest BCUT2D eigenvalue weighted by Crippen LogP contribution is 2.23. The molecule has 2 amide bonds. The number of nitrogens with one attached hydrogen (secondary N) is 2. The van der Waals surface area contributed by atoms with E-state index < -0.39 is 41.3 Å². The molecule has 1 aliphatic heterocycles. The molecule has 6 nitrogen and oxygen atoms in total. The number of hydrogen-bond acceptors (Lipinski definition) is 4. The normalized spacial score (nSPS) is 20.1. The maximum Gasteiger partial charge on any atom is 0.407 e. The van der Waals surface area contributed by atoms with Crippen LogP contribution in [0.1, 0.15) is 39.2 Å². The molecule has 0 spiro atoms. The Balaban J connectivity index is 2.00. The van der Waals surface area contributed by atoms with Crippen LogP contribution in [0.15, 0.2) is 30.3 Å². The summed E-state index contributed by atoms with van der Waals surface area (Å²) in [5.41, 5.74) is 0.462. The zero-order valence-electron chi connectivity index (χ0n) is 17.6. The highest BCUT2D eigenvalue weighted by atomic mass is 79.9. The molecule has 0 aromatic heterocycles. The quantitative estimate of drug-likeness (QED) is 0.546. The van der Waals surface area contributed by atoms with Gasteiger partial charge in [0.1, 0.15) is 5.60 Å². The van der Waals surface area contributed by atoms with E-state index in [1.807, 2.05) is 30.3 Å². The molecule has 1 heterocycles. The molecule has 1 aromatic rings. The molecule has 2 atom stereocenters. The fourth-order valence-corrected chi connectivity index (χ4v) is 3.53. The lowest BCUT2D eigenvalue weighted by Gasteiger charge is -2.25. The molecule has 1 fully saturated rings. The zero-order valence-corrected chi connectivity index (χ0v) is 19.2. The monoisotopic (exact) mass is 489 g/mol. The van der Waals surface area contributed by atoms with Gasteiger partial charge in [0.25, 0.3) is 5.92 Å². The van der Waals surface area contributed by atoms with Crippen molar-refractivity contribution in [1.82, 2.24) is 15.5 Å². The number of amides is 2. The van der Waals surface area contributed by atoms with Gasteiger partial charge in [-0.2, -0.15) is 0 Å². The fraction of sp³-hybridized carbons (Fsp3) is 0.619. The summed E-state index contributed by atoms with van der Waals surface area (Å²) in [5, 5.41) is 5.15. The van der Waals surface area contributed by atoms with Crippen LogP contribution in [0.25, 0.3) is 0 Å². The zero-order chi connectivity index (χ0) is 22.4. The largest absolute Gasteiger partial charge is 0.444 e. The van der Waals surface area contributed by atoms with Crippen LogP contribution < -0.4 is 10.6 Å². The number of hydrogen-bond donors (Lipinski definition) is 2. The van der Waals surface area contributed by atoms with Crippen molar-refractivity contribution in [2.75, 3.05) is 18.4 Å². The molecular weight excluding hydrogens is 460 g/mol. The van der Waals surface area contributed by atoms with Gasteiger partial charge in [0, 0.05) is 32.5 Å². The molecule has 2 N–H and O–H groups in total. The van der Waals surface area contributed by atoms with Crippen molar-refractivity contribution < 1.29 is 23.1 Å². The van der Waals surface area contributed by atoms with Gasteiger partial charge in [-0.25, -0.2) is 13.6 Å². The van der Waals surface area contributed by atoms with Crippen LogP contribution in [0.3, 0.4) is 0 Å². The van der Waals surface area contributed by atoms with E-state index in [1.165, 1.54) is 0 Å². The molecule has 9 heteroatoms. The smallest absolute Gasteiger partial charge is 0.407 e. The Kier molecular flexibility index (Phi) is 8.61. The minimum absolute atomic E-state index is 0.285. The Bertz CT molecular complexity index is 713. The predicted octanol–water partition coefficient (Wildman–Crippen LogP) is 3.69. The Morgan fingerprint density at radius 2 is 1.73 bits per heavy atom. The second-order valence-corrected chi connectivity index (χ2v) is 9.16. The van der Waals surface area contributed by atoms with E-state index in [1.54, 1.807) is 20.8 Å². The van der Waals surface area contributed by atoms with E-state index in [4.69, 9.17) is 4.74 Å². The summed E-state index contributed by atoms with van der Waals surface area (Å²) < 4.78 is 32.2. The van der Waals surface area contributed by atoms with E-state index >= 15 is 0 Å². The summed E-state index contributed by atoms with van der Waals surface area (Å²) in [6.45, 7) is 6.97. The molecule has 1 saturated heterocycles. The second kappa shape index (κ2) is 10.5. The number of likely N-dealkylation sites (tertiary alicyclic amines) is 1. The molecule has 2 unspecified atom stereocenters. The number of ether oxygens (including phenoxy) is 1. The van der Waals surface area contributed by atoms with Crippen LogP contribution >= 0.6 is 15.9 Å². The van der Waals surface area contributed by atoms with Crippen molar-refractivity contribution in [2.45, 2.75) is 63.8 Å². The minimum Gasteiger partial charge on any atom is -0.444 e. The Morgan fingerprint density at radius 1 is 1.13 bits per heavy atom. The first-order chi connectivity index (χ1) is 14.0. The molecule has 0 saturated carbocycles. The van der Waals surface area contributed by atoms with Crippen LogP contribution in [0.5, 0.6) is 0 Å². The van der Waals surface area contributed by atoms with Gasteiger partial charge in [0.05, 0.1) is 17.4 Å². The number of nitrogens with zero attached hydrogens (tertiary/aromatic N) is 1. The maximum atomic E-state index is 13.4. The third-order valence-electron chi connectivity index (χ3n) is 4.61. The maximum absolute atomic E-state index is 13.4. The summed E-state index contributed by atoms with van der Waals surface area (Å²) in [6.07, 6.45) is -1.39. The van der Waals surface area contributed by atoms with Gasteiger partial charge in [-0.15, -0.1) is 0 Å². The number of rotatable bonds is 8. The van der Waals surface area contributed by atoms with Crippen molar-refractivity contribution in [3.8, 4) is 0 Å². The lowest BCUT2D eigenvalue weighted by atomic mass is 10.1. The van der Waals surface area contributed by atoms with E-state index in [2.05, 4.69) is 31.5 Å². The van der Waals surface area contributed by atoms with Crippen molar-refractivity contribution in [2.24, 2.45) is 0 Å². The summed E-state index contributed by atoms with van der Waals surface area (Å²) >= 11 is 2.76. The van der Waals surface area contributed by atoms with E-state index in [0.717, 1.165) is 5.56 Å². The van der Waals surface area contributed by atoms with Gasteiger partial charge >= 0.3 is 6.09 Å². The Hall–Kier alpha value is -1.74.